The lowest BCUT2D eigenvalue weighted by molar-refractivity contribution is -0.00875. The molecule has 1 fully saturated rings. The van der Waals surface area contributed by atoms with Gasteiger partial charge in [-0.2, -0.15) is 0 Å². The second kappa shape index (κ2) is 8.82. The molecule has 0 radical (unpaired) electrons. The fourth-order valence-corrected chi connectivity index (χ4v) is 3.99. The van der Waals surface area contributed by atoms with Crippen LogP contribution in [-0.2, 0) is 4.74 Å². The van der Waals surface area contributed by atoms with E-state index < -0.39 is 0 Å². The fourth-order valence-electron chi connectivity index (χ4n) is 3.19. The quantitative estimate of drug-likeness (QED) is 0.794. The lowest BCUT2D eigenvalue weighted by Gasteiger charge is -2.40. The van der Waals surface area contributed by atoms with Gasteiger partial charge in [-0.25, -0.2) is 9.18 Å². The first-order chi connectivity index (χ1) is 13.0. The first kappa shape index (κ1) is 19.8. The average molecular weight is 392 g/mol. The normalized spacial score (nSPS) is 16.7. The molecule has 2 N–H and O–H groups in total. The predicted octanol–water partition coefficient (Wildman–Crippen LogP) is 3.39. The molecule has 5 nitrogen and oxygen atoms in total. The van der Waals surface area contributed by atoms with E-state index in [9.17, 15) is 9.18 Å². The van der Waals surface area contributed by atoms with Gasteiger partial charge in [0.15, 0.2) is 0 Å². The van der Waals surface area contributed by atoms with E-state index in [2.05, 4.69) is 29.4 Å². The summed E-state index contributed by atoms with van der Waals surface area (Å²) in [6.07, 6.45) is 0. The lowest BCUT2D eigenvalue weighted by atomic mass is 10.0. The summed E-state index contributed by atoms with van der Waals surface area (Å²) in [5.74, 6) is -0.291. The summed E-state index contributed by atoms with van der Waals surface area (Å²) < 4.78 is 18.7. The summed E-state index contributed by atoms with van der Waals surface area (Å²) in [6, 6.07) is 9.61. The number of carbonyl (C=O) groups excluding carboxylic acids is 1. The van der Waals surface area contributed by atoms with Gasteiger partial charge in [0.05, 0.1) is 19.3 Å². The van der Waals surface area contributed by atoms with E-state index in [0.717, 1.165) is 36.7 Å². The number of halogens is 1. The Labute approximate surface area is 163 Å². The highest BCUT2D eigenvalue weighted by atomic mass is 32.1. The van der Waals surface area contributed by atoms with Crippen LogP contribution in [0.2, 0.25) is 0 Å². The molecule has 0 unspecified atom stereocenters. The largest absolute Gasteiger partial charge is 0.379 e. The van der Waals surface area contributed by atoms with Crippen LogP contribution in [0.3, 0.4) is 0 Å². The molecule has 1 atom stereocenters. The van der Waals surface area contributed by atoms with E-state index in [1.165, 1.54) is 12.1 Å². The smallest absolute Gasteiger partial charge is 0.315 e. The van der Waals surface area contributed by atoms with Crippen molar-refractivity contribution >= 4 is 17.4 Å². The van der Waals surface area contributed by atoms with Crippen LogP contribution in [0.4, 0.5) is 9.18 Å². The van der Waals surface area contributed by atoms with Crippen LogP contribution in [0.15, 0.2) is 41.8 Å². The standard InChI is InChI=1S/C20H26FN3O2S/c1-20(2,24-9-11-26-12-10-24)14-22-19(25)23-18(17-4-3-13-27-17)15-5-7-16(21)8-6-15/h3-8,13,18H,9-12,14H2,1-2H3,(H2,22,23,25)/t18-/m1/s1. The summed E-state index contributed by atoms with van der Waals surface area (Å²) in [4.78, 5) is 15.9. The van der Waals surface area contributed by atoms with Crippen molar-refractivity contribution in [3.63, 3.8) is 0 Å². The maximum Gasteiger partial charge on any atom is 0.315 e. The number of nitrogens with zero attached hydrogens (tertiary/aromatic N) is 1. The zero-order valence-corrected chi connectivity index (χ0v) is 16.5. The third-order valence-corrected chi connectivity index (χ3v) is 5.79. The van der Waals surface area contributed by atoms with E-state index in [1.807, 2.05) is 17.5 Å². The number of carbonyl (C=O) groups is 1. The lowest BCUT2D eigenvalue weighted by Crippen LogP contribution is -2.56. The Kier molecular flexibility index (Phi) is 6.46. The molecule has 146 valence electrons. The summed E-state index contributed by atoms with van der Waals surface area (Å²) in [7, 11) is 0. The number of amides is 2. The summed E-state index contributed by atoms with van der Waals surface area (Å²) in [6.45, 7) is 7.94. The molecule has 27 heavy (non-hydrogen) atoms. The summed E-state index contributed by atoms with van der Waals surface area (Å²) >= 11 is 1.56. The highest BCUT2D eigenvalue weighted by molar-refractivity contribution is 7.10. The molecule has 1 aromatic carbocycles. The number of urea groups is 1. The Balaban J connectivity index is 1.63. The number of ether oxygens (including phenoxy) is 1. The van der Waals surface area contributed by atoms with Gasteiger partial charge in [0.1, 0.15) is 5.82 Å². The van der Waals surface area contributed by atoms with Crippen molar-refractivity contribution in [2.24, 2.45) is 0 Å². The van der Waals surface area contributed by atoms with E-state index in [4.69, 9.17) is 4.74 Å². The minimum atomic E-state index is -0.308. The van der Waals surface area contributed by atoms with Gasteiger partial charge in [-0.15, -0.1) is 11.3 Å². The molecule has 2 heterocycles. The number of benzene rings is 1. The SMILES string of the molecule is CC(C)(CNC(=O)N[C@H](c1ccc(F)cc1)c1cccs1)N1CCOCC1. The minimum absolute atomic E-state index is 0.157. The van der Waals surface area contributed by atoms with Crippen LogP contribution in [0.25, 0.3) is 0 Å². The Bertz CT molecular complexity index is 728. The van der Waals surface area contributed by atoms with Gasteiger partial charge in [0, 0.05) is 30.1 Å². The topological polar surface area (TPSA) is 53.6 Å². The zero-order valence-electron chi connectivity index (χ0n) is 15.7. The van der Waals surface area contributed by atoms with E-state index in [0.29, 0.717) is 6.54 Å². The van der Waals surface area contributed by atoms with Gasteiger partial charge in [-0.05, 0) is 43.0 Å². The molecule has 1 aliphatic rings. The summed E-state index contributed by atoms with van der Waals surface area (Å²) in [5.41, 5.74) is 0.691. The molecule has 0 bridgehead atoms. The Hall–Kier alpha value is -1.96. The van der Waals surface area contributed by atoms with Crippen LogP contribution >= 0.6 is 11.3 Å². The van der Waals surface area contributed by atoms with Gasteiger partial charge >= 0.3 is 6.03 Å². The average Bonchev–Trinajstić information content (AvgIpc) is 3.21. The number of rotatable bonds is 6. The molecular formula is C20H26FN3O2S. The maximum absolute atomic E-state index is 13.3. The highest BCUT2D eigenvalue weighted by Crippen LogP contribution is 2.26. The summed E-state index contributed by atoms with van der Waals surface area (Å²) in [5, 5.41) is 7.98. The first-order valence-electron chi connectivity index (χ1n) is 9.12. The van der Waals surface area contributed by atoms with E-state index in [-0.39, 0.29) is 23.4 Å². The number of morpholine rings is 1. The molecule has 1 aromatic heterocycles. The molecule has 0 aliphatic carbocycles. The molecule has 2 aromatic rings. The van der Waals surface area contributed by atoms with Gasteiger partial charge in [0.25, 0.3) is 0 Å². The van der Waals surface area contributed by atoms with Crippen LogP contribution in [0, 0.1) is 5.82 Å². The van der Waals surface area contributed by atoms with Crippen molar-refractivity contribution in [2.45, 2.75) is 25.4 Å². The van der Waals surface area contributed by atoms with Crippen LogP contribution < -0.4 is 10.6 Å². The number of hydrogen-bond acceptors (Lipinski definition) is 4. The van der Waals surface area contributed by atoms with Gasteiger partial charge in [-0.3, -0.25) is 4.90 Å². The highest BCUT2D eigenvalue weighted by Gasteiger charge is 2.29. The third-order valence-electron chi connectivity index (χ3n) is 4.86. The van der Waals surface area contributed by atoms with Crippen LogP contribution in [0.1, 0.15) is 30.3 Å². The Morgan fingerprint density at radius 1 is 1.26 bits per heavy atom. The number of thiophene rings is 1. The van der Waals surface area contributed by atoms with Crippen molar-refractivity contribution in [1.29, 1.82) is 0 Å². The maximum atomic E-state index is 13.3. The zero-order chi connectivity index (χ0) is 19.3. The number of nitrogens with one attached hydrogen (secondary N) is 2. The van der Waals surface area contributed by atoms with Crippen molar-refractivity contribution in [3.8, 4) is 0 Å². The molecule has 1 saturated heterocycles. The molecule has 0 saturated carbocycles. The Morgan fingerprint density at radius 2 is 1.96 bits per heavy atom. The van der Waals surface area contributed by atoms with Gasteiger partial charge in [0.2, 0.25) is 0 Å². The molecule has 1 aliphatic heterocycles. The van der Waals surface area contributed by atoms with Gasteiger partial charge < -0.3 is 15.4 Å². The van der Waals surface area contributed by atoms with Crippen LogP contribution in [-0.4, -0.2) is 49.3 Å². The molecular weight excluding hydrogens is 365 g/mol. The van der Waals surface area contributed by atoms with Crippen molar-refractivity contribution < 1.29 is 13.9 Å². The second-order valence-corrected chi connectivity index (χ2v) is 8.22. The van der Waals surface area contributed by atoms with E-state index >= 15 is 0 Å². The Morgan fingerprint density at radius 3 is 2.59 bits per heavy atom. The molecule has 7 heteroatoms. The first-order valence-corrected chi connectivity index (χ1v) is 10.00. The molecule has 3 rings (SSSR count). The van der Waals surface area contributed by atoms with E-state index in [1.54, 1.807) is 23.5 Å². The van der Waals surface area contributed by atoms with Crippen molar-refractivity contribution in [2.75, 3.05) is 32.8 Å². The number of hydrogen-bond donors (Lipinski definition) is 2. The molecule has 0 spiro atoms. The minimum Gasteiger partial charge on any atom is -0.379 e. The van der Waals surface area contributed by atoms with Gasteiger partial charge in [-0.1, -0.05) is 18.2 Å². The monoisotopic (exact) mass is 391 g/mol. The van der Waals surface area contributed by atoms with Crippen molar-refractivity contribution in [1.82, 2.24) is 15.5 Å². The fraction of sp³-hybridized carbons (Fsp3) is 0.450. The van der Waals surface area contributed by atoms with Crippen molar-refractivity contribution in [3.05, 3.63) is 58.0 Å². The molecule has 2 amide bonds. The second-order valence-electron chi connectivity index (χ2n) is 7.24. The predicted molar refractivity (Wildman–Crippen MR) is 106 cm³/mol. The third kappa shape index (κ3) is 5.28. The van der Waals surface area contributed by atoms with Crippen LogP contribution in [0.5, 0.6) is 0 Å².